The zero-order chi connectivity index (χ0) is 13.2. The summed E-state index contributed by atoms with van der Waals surface area (Å²) < 4.78 is 5.41. The Morgan fingerprint density at radius 2 is 1.79 bits per heavy atom. The molecule has 1 aromatic rings. The van der Waals surface area contributed by atoms with Crippen LogP contribution in [0.25, 0.3) is 0 Å². The Hall–Kier alpha value is -1.68. The van der Waals surface area contributed by atoms with Crippen molar-refractivity contribution in [3.05, 3.63) is 35.9 Å². The third-order valence-electron chi connectivity index (χ3n) is 4.08. The summed E-state index contributed by atoms with van der Waals surface area (Å²) in [5.74, 6) is -0.834. The number of benzene rings is 1. The third-order valence-corrected chi connectivity index (χ3v) is 4.08. The maximum absolute atomic E-state index is 11.9. The zero-order valence-corrected chi connectivity index (χ0v) is 10.7. The number of carbonyl (C=O) groups is 2. The van der Waals surface area contributed by atoms with Gasteiger partial charge in [-0.25, -0.2) is 4.79 Å². The van der Waals surface area contributed by atoms with Gasteiger partial charge in [0.15, 0.2) is 0 Å². The lowest BCUT2D eigenvalue weighted by Crippen LogP contribution is -2.52. The SMILES string of the molecule is O=C(O[C@H]1CN2CCC1CC2)C(=O)c1ccccc1. The van der Waals surface area contributed by atoms with Crippen LogP contribution in [0.1, 0.15) is 23.2 Å². The number of Topliss-reactive ketones (excluding diaryl/α,β-unsaturated/α-hetero) is 1. The van der Waals surface area contributed by atoms with Crippen LogP contribution < -0.4 is 0 Å². The van der Waals surface area contributed by atoms with Crippen LogP contribution in [0.2, 0.25) is 0 Å². The van der Waals surface area contributed by atoms with Gasteiger partial charge in [-0.2, -0.15) is 0 Å². The highest BCUT2D eigenvalue weighted by Crippen LogP contribution is 2.29. The predicted octanol–water partition coefficient (Wildman–Crippen LogP) is 1.51. The highest BCUT2D eigenvalue weighted by atomic mass is 16.5. The van der Waals surface area contributed by atoms with E-state index in [0.29, 0.717) is 11.5 Å². The Labute approximate surface area is 112 Å². The van der Waals surface area contributed by atoms with Crippen LogP contribution in [-0.2, 0) is 9.53 Å². The highest BCUT2D eigenvalue weighted by molar-refractivity contribution is 6.40. The largest absolute Gasteiger partial charge is 0.455 e. The first-order valence-electron chi connectivity index (χ1n) is 6.77. The second-order valence-corrected chi connectivity index (χ2v) is 5.28. The quantitative estimate of drug-likeness (QED) is 0.469. The van der Waals surface area contributed by atoms with Gasteiger partial charge in [-0.15, -0.1) is 0 Å². The number of ether oxygens (including phenoxy) is 1. The molecule has 3 aliphatic rings. The maximum Gasteiger partial charge on any atom is 0.380 e. The van der Waals surface area contributed by atoms with Crippen molar-refractivity contribution in [2.24, 2.45) is 5.92 Å². The summed E-state index contributed by atoms with van der Waals surface area (Å²) in [7, 11) is 0. The van der Waals surface area contributed by atoms with Gasteiger partial charge < -0.3 is 4.74 Å². The molecule has 100 valence electrons. The first-order valence-corrected chi connectivity index (χ1v) is 6.77. The topological polar surface area (TPSA) is 46.6 Å². The van der Waals surface area contributed by atoms with Crippen molar-refractivity contribution in [3.63, 3.8) is 0 Å². The first kappa shape index (κ1) is 12.4. The smallest absolute Gasteiger partial charge is 0.380 e. The van der Waals surface area contributed by atoms with Crippen LogP contribution in [0.4, 0.5) is 0 Å². The van der Waals surface area contributed by atoms with Gasteiger partial charge in [0.1, 0.15) is 6.10 Å². The lowest BCUT2D eigenvalue weighted by Gasteiger charge is -2.43. The number of hydrogen-bond acceptors (Lipinski definition) is 4. The Kier molecular flexibility index (Phi) is 3.34. The predicted molar refractivity (Wildman–Crippen MR) is 69.8 cm³/mol. The summed E-state index contributed by atoms with van der Waals surface area (Å²) >= 11 is 0. The Balaban J connectivity index is 1.64. The molecule has 3 heterocycles. The molecule has 3 fully saturated rings. The molecule has 4 heteroatoms. The molecule has 2 bridgehead atoms. The van der Waals surface area contributed by atoms with Crippen molar-refractivity contribution < 1.29 is 14.3 Å². The normalized spacial score (nSPS) is 28.9. The minimum absolute atomic E-state index is 0.109. The number of esters is 1. The number of piperidine rings is 3. The van der Waals surface area contributed by atoms with Gasteiger partial charge in [0.05, 0.1) is 0 Å². The number of hydrogen-bond donors (Lipinski definition) is 0. The van der Waals surface area contributed by atoms with Gasteiger partial charge in [-0.1, -0.05) is 30.3 Å². The summed E-state index contributed by atoms with van der Waals surface area (Å²) in [5, 5.41) is 0. The molecule has 0 radical (unpaired) electrons. The molecule has 1 atom stereocenters. The molecule has 3 saturated heterocycles. The molecule has 0 aliphatic carbocycles. The molecular formula is C15H17NO3. The molecule has 4 nitrogen and oxygen atoms in total. The fourth-order valence-corrected chi connectivity index (χ4v) is 2.94. The Morgan fingerprint density at radius 1 is 1.11 bits per heavy atom. The third kappa shape index (κ3) is 2.54. The Morgan fingerprint density at radius 3 is 2.37 bits per heavy atom. The highest BCUT2D eigenvalue weighted by Gasteiger charge is 2.37. The van der Waals surface area contributed by atoms with E-state index >= 15 is 0 Å². The van der Waals surface area contributed by atoms with E-state index in [1.54, 1.807) is 24.3 Å². The van der Waals surface area contributed by atoms with Gasteiger partial charge in [-0.3, -0.25) is 9.69 Å². The lowest BCUT2D eigenvalue weighted by molar-refractivity contribution is -0.152. The van der Waals surface area contributed by atoms with Gasteiger partial charge in [0.2, 0.25) is 0 Å². The summed E-state index contributed by atoms with van der Waals surface area (Å²) in [6, 6.07) is 8.58. The van der Waals surface area contributed by atoms with Crippen molar-refractivity contribution in [1.82, 2.24) is 4.90 Å². The summed E-state index contributed by atoms with van der Waals surface area (Å²) in [5.41, 5.74) is 0.397. The van der Waals surface area contributed by atoms with Gasteiger partial charge >= 0.3 is 5.97 Å². The fourth-order valence-electron chi connectivity index (χ4n) is 2.94. The van der Waals surface area contributed by atoms with Gasteiger partial charge in [-0.05, 0) is 31.8 Å². The van der Waals surface area contributed by atoms with Crippen LogP contribution >= 0.6 is 0 Å². The number of nitrogens with zero attached hydrogens (tertiary/aromatic N) is 1. The molecule has 0 spiro atoms. The molecular weight excluding hydrogens is 242 g/mol. The van der Waals surface area contributed by atoms with Crippen molar-refractivity contribution >= 4 is 11.8 Å². The average Bonchev–Trinajstić information content (AvgIpc) is 2.48. The van der Waals surface area contributed by atoms with Crippen LogP contribution in [0.15, 0.2) is 30.3 Å². The number of rotatable bonds is 3. The maximum atomic E-state index is 11.9. The molecule has 1 aromatic carbocycles. The van der Waals surface area contributed by atoms with E-state index < -0.39 is 11.8 Å². The molecule has 0 unspecified atom stereocenters. The van der Waals surface area contributed by atoms with Gasteiger partial charge in [0.25, 0.3) is 5.78 Å². The second kappa shape index (κ2) is 5.13. The minimum Gasteiger partial charge on any atom is -0.455 e. The molecule has 4 rings (SSSR count). The first-order chi connectivity index (χ1) is 9.24. The second-order valence-electron chi connectivity index (χ2n) is 5.28. The van der Waals surface area contributed by atoms with E-state index in [0.717, 1.165) is 32.5 Å². The monoisotopic (exact) mass is 259 g/mol. The number of fused-ring (bicyclic) bond motifs is 3. The summed E-state index contributed by atoms with van der Waals surface area (Å²) in [6.45, 7) is 2.95. The summed E-state index contributed by atoms with van der Waals surface area (Å²) in [6.07, 6.45) is 2.03. The molecule has 0 N–H and O–H groups in total. The van der Waals surface area contributed by atoms with Crippen LogP contribution in [0.5, 0.6) is 0 Å². The number of ketones is 1. The Bertz CT molecular complexity index is 477. The zero-order valence-electron chi connectivity index (χ0n) is 10.7. The van der Waals surface area contributed by atoms with Crippen LogP contribution in [0, 0.1) is 5.92 Å². The molecule has 3 aliphatic heterocycles. The lowest BCUT2D eigenvalue weighted by atomic mass is 9.86. The number of carbonyl (C=O) groups excluding carboxylic acids is 2. The molecule has 19 heavy (non-hydrogen) atoms. The van der Waals surface area contributed by atoms with Gasteiger partial charge in [0, 0.05) is 12.1 Å². The fraction of sp³-hybridized carbons (Fsp3) is 0.467. The van der Waals surface area contributed by atoms with E-state index in [1.807, 2.05) is 6.07 Å². The summed E-state index contributed by atoms with van der Waals surface area (Å²) in [4.78, 5) is 26.1. The van der Waals surface area contributed by atoms with E-state index in [-0.39, 0.29) is 6.10 Å². The average molecular weight is 259 g/mol. The van der Waals surface area contributed by atoms with E-state index in [1.165, 1.54) is 0 Å². The van der Waals surface area contributed by atoms with Crippen molar-refractivity contribution in [1.29, 1.82) is 0 Å². The minimum atomic E-state index is -0.718. The van der Waals surface area contributed by atoms with Crippen molar-refractivity contribution in [2.75, 3.05) is 19.6 Å². The van der Waals surface area contributed by atoms with E-state index in [9.17, 15) is 9.59 Å². The molecule has 0 amide bonds. The van der Waals surface area contributed by atoms with Crippen molar-refractivity contribution in [2.45, 2.75) is 18.9 Å². The molecule has 0 aromatic heterocycles. The van der Waals surface area contributed by atoms with E-state index in [4.69, 9.17) is 4.74 Å². The van der Waals surface area contributed by atoms with Crippen LogP contribution in [-0.4, -0.2) is 42.4 Å². The van der Waals surface area contributed by atoms with E-state index in [2.05, 4.69) is 4.90 Å². The van der Waals surface area contributed by atoms with Crippen LogP contribution in [0.3, 0.4) is 0 Å². The molecule has 0 saturated carbocycles. The standard InChI is InChI=1S/C15H17NO3/c17-14(12-4-2-1-3-5-12)15(18)19-13-10-16-8-6-11(13)7-9-16/h1-5,11,13H,6-10H2/t13-/m0/s1. The van der Waals surface area contributed by atoms with Crippen molar-refractivity contribution in [3.8, 4) is 0 Å².